The maximum atomic E-state index is 11.9. The van der Waals surface area contributed by atoms with Crippen LogP contribution in [0.2, 0.25) is 0 Å². The molecule has 0 unspecified atom stereocenters. The second kappa shape index (κ2) is 5.11. The standard InChI is InChI=1S/C9H7F2IN2O/c10-8(11)4-15-9-6(12)1-5(3-13)2-7(9)14/h1-2,8H,4,14H2. The maximum Gasteiger partial charge on any atom is 0.272 e. The van der Waals surface area contributed by atoms with Crippen molar-refractivity contribution in [1.29, 1.82) is 5.26 Å². The number of benzene rings is 1. The molecule has 0 aliphatic heterocycles. The predicted octanol–water partition coefficient (Wildman–Crippen LogP) is 2.39. The Balaban J connectivity index is 2.94. The van der Waals surface area contributed by atoms with Gasteiger partial charge in [0.15, 0.2) is 5.75 Å². The molecule has 1 aromatic carbocycles. The molecule has 3 nitrogen and oxygen atoms in total. The summed E-state index contributed by atoms with van der Waals surface area (Å²) in [6, 6.07) is 4.83. The van der Waals surface area contributed by atoms with Crippen LogP contribution in [0.25, 0.3) is 0 Å². The van der Waals surface area contributed by atoms with Gasteiger partial charge in [-0.05, 0) is 34.7 Å². The Morgan fingerprint density at radius 1 is 1.53 bits per heavy atom. The fraction of sp³-hybridized carbons (Fsp3) is 0.222. The lowest BCUT2D eigenvalue weighted by Crippen LogP contribution is -2.09. The molecule has 0 bridgehead atoms. The highest BCUT2D eigenvalue weighted by Crippen LogP contribution is 2.29. The van der Waals surface area contributed by atoms with Crippen LogP contribution in [0, 0.1) is 14.9 Å². The Labute approximate surface area is 99.0 Å². The number of halogens is 3. The van der Waals surface area contributed by atoms with E-state index in [0.29, 0.717) is 9.13 Å². The first-order valence-electron chi connectivity index (χ1n) is 3.94. The molecule has 0 heterocycles. The molecule has 2 N–H and O–H groups in total. The van der Waals surface area contributed by atoms with Crippen LogP contribution >= 0.6 is 22.6 Å². The monoisotopic (exact) mass is 324 g/mol. The minimum atomic E-state index is -2.55. The zero-order chi connectivity index (χ0) is 11.4. The molecule has 1 aromatic rings. The molecular formula is C9H7F2IN2O. The highest BCUT2D eigenvalue weighted by atomic mass is 127. The van der Waals surface area contributed by atoms with Crippen LogP contribution in [-0.2, 0) is 0 Å². The number of hydrogen-bond acceptors (Lipinski definition) is 3. The molecule has 1 rings (SSSR count). The first-order chi connectivity index (χ1) is 7.04. The molecule has 80 valence electrons. The summed E-state index contributed by atoms with van der Waals surface area (Å²) >= 11 is 1.88. The van der Waals surface area contributed by atoms with Gasteiger partial charge in [-0.25, -0.2) is 8.78 Å². The van der Waals surface area contributed by atoms with Crippen molar-refractivity contribution in [3.8, 4) is 11.8 Å². The normalized spacial score (nSPS) is 10.1. The fourth-order valence-corrected chi connectivity index (χ4v) is 1.78. The second-order valence-electron chi connectivity index (χ2n) is 2.69. The number of alkyl halides is 2. The van der Waals surface area contributed by atoms with Crippen LogP contribution in [0.5, 0.6) is 5.75 Å². The van der Waals surface area contributed by atoms with Gasteiger partial charge in [0.05, 0.1) is 20.9 Å². The lowest BCUT2D eigenvalue weighted by Gasteiger charge is -2.10. The molecule has 0 aliphatic carbocycles. The summed E-state index contributed by atoms with van der Waals surface area (Å²) < 4.78 is 29.2. The van der Waals surface area contributed by atoms with Crippen molar-refractivity contribution in [3.63, 3.8) is 0 Å². The molecule has 0 spiro atoms. The van der Waals surface area contributed by atoms with Crippen LogP contribution in [0.1, 0.15) is 5.56 Å². The molecule has 0 aromatic heterocycles. The van der Waals surface area contributed by atoms with E-state index < -0.39 is 13.0 Å². The van der Waals surface area contributed by atoms with Gasteiger partial charge in [-0.1, -0.05) is 0 Å². The summed E-state index contributed by atoms with van der Waals surface area (Å²) in [5, 5.41) is 8.63. The molecule has 15 heavy (non-hydrogen) atoms. The average Bonchev–Trinajstić information content (AvgIpc) is 2.15. The molecule has 0 aliphatic rings. The summed E-state index contributed by atoms with van der Waals surface area (Å²) in [5.41, 5.74) is 6.13. The SMILES string of the molecule is N#Cc1cc(N)c(OCC(F)F)c(I)c1. The van der Waals surface area contributed by atoms with Gasteiger partial charge in [0.25, 0.3) is 6.43 Å². The van der Waals surface area contributed by atoms with Crippen LogP contribution < -0.4 is 10.5 Å². The number of nitrogens with two attached hydrogens (primary N) is 1. The summed E-state index contributed by atoms with van der Waals surface area (Å²) in [6.45, 7) is -0.702. The van der Waals surface area contributed by atoms with Crippen molar-refractivity contribution in [2.45, 2.75) is 6.43 Å². The Morgan fingerprint density at radius 2 is 2.20 bits per heavy atom. The average molecular weight is 324 g/mol. The van der Waals surface area contributed by atoms with E-state index >= 15 is 0 Å². The minimum Gasteiger partial charge on any atom is -0.484 e. The summed E-state index contributed by atoms with van der Waals surface area (Å²) in [7, 11) is 0. The zero-order valence-electron chi connectivity index (χ0n) is 7.51. The van der Waals surface area contributed by atoms with E-state index in [-0.39, 0.29) is 11.4 Å². The van der Waals surface area contributed by atoms with Crippen molar-refractivity contribution in [2.24, 2.45) is 0 Å². The van der Waals surface area contributed by atoms with E-state index in [2.05, 4.69) is 0 Å². The number of nitriles is 1. The van der Waals surface area contributed by atoms with E-state index in [4.69, 9.17) is 15.7 Å². The summed E-state index contributed by atoms with van der Waals surface area (Å²) in [6.07, 6.45) is -2.55. The highest BCUT2D eigenvalue weighted by Gasteiger charge is 2.11. The third-order valence-electron chi connectivity index (χ3n) is 1.56. The van der Waals surface area contributed by atoms with Gasteiger partial charge in [0.1, 0.15) is 6.61 Å². The van der Waals surface area contributed by atoms with Gasteiger partial charge in [0, 0.05) is 0 Å². The number of ether oxygens (including phenoxy) is 1. The van der Waals surface area contributed by atoms with Crippen LogP contribution in [0.3, 0.4) is 0 Å². The molecule has 0 fully saturated rings. The van der Waals surface area contributed by atoms with E-state index in [0.717, 1.165) is 0 Å². The third kappa shape index (κ3) is 3.20. The van der Waals surface area contributed by atoms with Crippen LogP contribution in [0.4, 0.5) is 14.5 Å². The number of rotatable bonds is 3. The lowest BCUT2D eigenvalue weighted by atomic mass is 10.2. The van der Waals surface area contributed by atoms with Gasteiger partial charge >= 0.3 is 0 Å². The van der Waals surface area contributed by atoms with Gasteiger partial charge in [-0.2, -0.15) is 5.26 Å². The minimum absolute atomic E-state index is 0.194. The Morgan fingerprint density at radius 3 is 2.67 bits per heavy atom. The first kappa shape index (κ1) is 12.0. The number of nitrogen functional groups attached to an aromatic ring is 1. The lowest BCUT2D eigenvalue weighted by molar-refractivity contribution is 0.0819. The van der Waals surface area contributed by atoms with E-state index in [1.807, 2.05) is 28.7 Å². The van der Waals surface area contributed by atoms with E-state index in [9.17, 15) is 8.78 Å². The summed E-state index contributed by atoms with van der Waals surface area (Å²) in [4.78, 5) is 0. The van der Waals surface area contributed by atoms with Crippen molar-refractivity contribution >= 4 is 28.3 Å². The number of nitrogens with zero attached hydrogens (tertiary/aromatic N) is 1. The fourth-order valence-electron chi connectivity index (χ4n) is 0.978. The molecule has 0 radical (unpaired) electrons. The Hall–Kier alpha value is -1.10. The quantitative estimate of drug-likeness (QED) is 0.686. The van der Waals surface area contributed by atoms with Gasteiger partial charge in [-0.3, -0.25) is 0 Å². The van der Waals surface area contributed by atoms with Crippen molar-refractivity contribution < 1.29 is 13.5 Å². The first-order valence-corrected chi connectivity index (χ1v) is 5.02. The van der Waals surface area contributed by atoms with Crippen molar-refractivity contribution in [3.05, 3.63) is 21.3 Å². The zero-order valence-corrected chi connectivity index (χ0v) is 9.66. The second-order valence-corrected chi connectivity index (χ2v) is 3.85. The molecule has 0 saturated carbocycles. The van der Waals surface area contributed by atoms with E-state index in [1.54, 1.807) is 0 Å². The third-order valence-corrected chi connectivity index (χ3v) is 2.36. The van der Waals surface area contributed by atoms with Gasteiger partial charge in [-0.15, -0.1) is 0 Å². The van der Waals surface area contributed by atoms with Crippen molar-refractivity contribution in [2.75, 3.05) is 12.3 Å². The Kier molecular flexibility index (Phi) is 4.08. The highest BCUT2D eigenvalue weighted by molar-refractivity contribution is 14.1. The molecule has 0 atom stereocenters. The smallest absolute Gasteiger partial charge is 0.272 e. The molecule has 6 heteroatoms. The van der Waals surface area contributed by atoms with Gasteiger partial charge < -0.3 is 10.5 Å². The Bertz CT molecular complexity index is 381. The molecule has 0 saturated heterocycles. The molecule has 0 amide bonds. The van der Waals surface area contributed by atoms with Crippen LogP contribution in [-0.4, -0.2) is 13.0 Å². The maximum absolute atomic E-state index is 11.9. The van der Waals surface area contributed by atoms with Crippen LogP contribution in [0.15, 0.2) is 12.1 Å². The summed E-state index contributed by atoms with van der Waals surface area (Å²) in [5.74, 6) is 0.204. The van der Waals surface area contributed by atoms with E-state index in [1.165, 1.54) is 12.1 Å². The van der Waals surface area contributed by atoms with Crippen molar-refractivity contribution in [1.82, 2.24) is 0 Å². The largest absolute Gasteiger partial charge is 0.484 e. The predicted molar refractivity (Wildman–Crippen MR) is 59.8 cm³/mol. The van der Waals surface area contributed by atoms with Gasteiger partial charge in [0.2, 0.25) is 0 Å². The topological polar surface area (TPSA) is 59.0 Å². The molecular weight excluding hydrogens is 317 g/mol. The number of hydrogen-bond donors (Lipinski definition) is 1. The number of anilines is 1.